The number of carbonyl (C=O) groups is 1. The fourth-order valence-electron chi connectivity index (χ4n) is 1.23. The third-order valence-corrected chi connectivity index (χ3v) is 1.97. The molecule has 0 bridgehead atoms. The van der Waals surface area contributed by atoms with Gasteiger partial charge in [0.2, 0.25) is 0 Å². The van der Waals surface area contributed by atoms with Crippen LogP contribution in [0, 0.1) is 6.92 Å². The summed E-state index contributed by atoms with van der Waals surface area (Å²) < 4.78 is 5.16. The van der Waals surface area contributed by atoms with E-state index in [1.807, 2.05) is 25.1 Å². The number of allylic oxidation sites excluding steroid dienone is 1. The van der Waals surface area contributed by atoms with Crippen LogP contribution in [0.2, 0.25) is 0 Å². The molecule has 14 heavy (non-hydrogen) atoms. The summed E-state index contributed by atoms with van der Waals surface area (Å²) in [6.45, 7) is 1.96. The quantitative estimate of drug-likeness (QED) is 0.582. The Bertz CT molecular complexity index is 370. The fourth-order valence-corrected chi connectivity index (χ4v) is 1.23. The molecule has 0 aliphatic rings. The molecule has 2 N–H and O–H groups in total. The highest BCUT2D eigenvalue weighted by Crippen LogP contribution is 2.25. The summed E-state index contributed by atoms with van der Waals surface area (Å²) in [5, 5.41) is 0. The Morgan fingerprint density at radius 2 is 2.21 bits per heavy atom. The predicted octanol–water partition coefficient (Wildman–Crippen LogP) is 1.50. The van der Waals surface area contributed by atoms with E-state index in [0.717, 1.165) is 11.1 Å². The fraction of sp³-hybridized carbons (Fsp3) is 0.182. The number of aryl methyl sites for hydroxylation is 1. The maximum absolute atomic E-state index is 10.7. The number of nitrogens with two attached hydrogens (primary N) is 1. The van der Waals surface area contributed by atoms with Crippen molar-refractivity contribution in [1.82, 2.24) is 0 Å². The van der Waals surface area contributed by atoms with Crippen molar-refractivity contribution in [2.75, 3.05) is 7.11 Å². The van der Waals surface area contributed by atoms with Crippen LogP contribution in [0.15, 0.2) is 24.4 Å². The van der Waals surface area contributed by atoms with Crippen molar-refractivity contribution < 1.29 is 9.53 Å². The lowest BCUT2D eigenvalue weighted by Gasteiger charge is -2.08. The number of rotatable bonds is 3. The van der Waals surface area contributed by atoms with Crippen LogP contribution in [0.5, 0.6) is 5.75 Å². The Balaban J connectivity index is 3.26. The standard InChI is InChI=1S/C11H13NO2/c1-8-3-4-10(9(6-12)7-13)11(5-8)14-2/h3-7H,12H2,1-2H3/b9-6+. The molecule has 3 heteroatoms. The lowest BCUT2D eigenvalue weighted by Crippen LogP contribution is -1.95. The van der Waals surface area contributed by atoms with Crippen molar-refractivity contribution in [2.24, 2.45) is 5.73 Å². The van der Waals surface area contributed by atoms with Crippen LogP contribution in [-0.4, -0.2) is 13.4 Å². The van der Waals surface area contributed by atoms with Crippen LogP contribution < -0.4 is 10.5 Å². The molecule has 0 fully saturated rings. The summed E-state index contributed by atoms with van der Waals surface area (Å²) in [5.41, 5.74) is 7.56. The second-order valence-corrected chi connectivity index (χ2v) is 2.94. The van der Waals surface area contributed by atoms with Gasteiger partial charge in [0.05, 0.1) is 7.11 Å². The summed E-state index contributed by atoms with van der Waals surface area (Å²) >= 11 is 0. The Kier molecular flexibility index (Phi) is 3.29. The van der Waals surface area contributed by atoms with Crippen LogP contribution in [0.25, 0.3) is 5.57 Å². The maximum Gasteiger partial charge on any atom is 0.152 e. The Morgan fingerprint density at radius 3 is 2.71 bits per heavy atom. The lowest BCUT2D eigenvalue weighted by molar-refractivity contribution is -0.103. The molecule has 0 saturated heterocycles. The van der Waals surface area contributed by atoms with E-state index in [9.17, 15) is 4.79 Å². The molecule has 0 radical (unpaired) electrons. The van der Waals surface area contributed by atoms with Crippen molar-refractivity contribution in [3.05, 3.63) is 35.5 Å². The minimum atomic E-state index is 0.432. The minimum Gasteiger partial charge on any atom is -0.496 e. The molecule has 0 heterocycles. The molecule has 1 aromatic rings. The highest BCUT2D eigenvalue weighted by atomic mass is 16.5. The molecular formula is C11H13NO2. The highest BCUT2D eigenvalue weighted by Gasteiger charge is 2.06. The van der Waals surface area contributed by atoms with E-state index in [2.05, 4.69) is 0 Å². The molecule has 0 saturated carbocycles. The van der Waals surface area contributed by atoms with Gasteiger partial charge in [-0.2, -0.15) is 0 Å². The largest absolute Gasteiger partial charge is 0.496 e. The molecule has 0 amide bonds. The van der Waals surface area contributed by atoms with Gasteiger partial charge in [0.25, 0.3) is 0 Å². The van der Waals surface area contributed by atoms with Crippen LogP contribution in [0.1, 0.15) is 11.1 Å². The van der Waals surface area contributed by atoms with Crippen LogP contribution in [-0.2, 0) is 4.79 Å². The molecule has 0 aliphatic heterocycles. The molecule has 1 aromatic carbocycles. The lowest BCUT2D eigenvalue weighted by atomic mass is 10.0. The van der Waals surface area contributed by atoms with Gasteiger partial charge < -0.3 is 10.5 Å². The van der Waals surface area contributed by atoms with Crippen molar-refractivity contribution >= 4 is 11.9 Å². The number of methoxy groups -OCH3 is 1. The van der Waals surface area contributed by atoms with E-state index < -0.39 is 0 Å². The van der Waals surface area contributed by atoms with Crippen LogP contribution in [0.4, 0.5) is 0 Å². The van der Waals surface area contributed by atoms with Gasteiger partial charge in [-0.3, -0.25) is 4.79 Å². The van der Waals surface area contributed by atoms with Gasteiger partial charge in [0, 0.05) is 17.3 Å². The van der Waals surface area contributed by atoms with Gasteiger partial charge in [-0.25, -0.2) is 0 Å². The van der Waals surface area contributed by atoms with Gasteiger partial charge in [0.1, 0.15) is 5.75 Å². The molecule has 0 spiro atoms. The summed E-state index contributed by atoms with van der Waals surface area (Å²) in [4.78, 5) is 10.7. The van der Waals surface area contributed by atoms with Gasteiger partial charge in [-0.15, -0.1) is 0 Å². The van der Waals surface area contributed by atoms with Gasteiger partial charge in [-0.05, 0) is 18.6 Å². The summed E-state index contributed by atoms with van der Waals surface area (Å²) in [6, 6.07) is 5.59. The molecule has 0 atom stereocenters. The number of aldehydes is 1. The third-order valence-electron chi connectivity index (χ3n) is 1.97. The molecule has 74 valence electrons. The number of ether oxygens (including phenoxy) is 1. The Morgan fingerprint density at radius 1 is 1.50 bits per heavy atom. The first-order valence-electron chi connectivity index (χ1n) is 4.25. The van der Waals surface area contributed by atoms with Crippen molar-refractivity contribution in [2.45, 2.75) is 6.92 Å². The van der Waals surface area contributed by atoms with E-state index in [0.29, 0.717) is 17.6 Å². The second-order valence-electron chi connectivity index (χ2n) is 2.94. The molecular weight excluding hydrogens is 178 g/mol. The molecule has 0 aliphatic carbocycles. The van der Waals surface area contributed by atoms with Crippen molar-refractivity contribution in [3.63, 3.8) is 0 Å². The molecule has 0 aromatic heterocycles. The van der Waals surface area contributed by atoms with E-state index in [-0.39, 0.29) is 0 Å². The number of carbonyl (C=O) groups excluding carboxylic acids is 1. The van der Waals surface area contributed by atoms with Gasteiger partial charge in [-0.1, -0.05) is 12.1 Å². The maximum atomic E-state index is 10.7. The topological polar surface area (TPSA) is 52.3 Å². The SMILES string of the molecule is COc1cc(C)ccc1/C(C=O)=C/N. The summed E-state index contributed by atoms with van der Waals surface area (Å²) in [5.74, 6) is 0.661. The average molecular weight is 191 g/mol. The number of hydrogen-bond donors (Lipinski definition) is 1. The summed E-state index contributed by atoms with van der Waals surface area (Å²) in [7, 11) is 1.57. The zero-order valence-electron chi connectivity index (χ0n) is 8.28. The van der Waals surface area contributed by atoms with Gasteiger partial charge in [0.15, 0.2) is 6.29 Å². The zero-order valence-corrected chi connectivity index (χ0v) is 8.28. The smallest absolute Gasteiger partial charge is 0.152 e. The van der Waals surface area contributed by atoms with Crippen LogP contribution >= 0.6 is 0 Å². The number of benzene rings is 1. The molecule has 0 unspecified atom stereocenters. The van der Waals surface area contributed by atoms with E-state index in [1.54, 1.807) is 7.11 Å². The van der Waals surface area contributed by atoms with E-state index in [4.69, 9.17) is 10.5 Å². The van der Waals surface area contributed by atoms with Crippen LogP contribution in [0.3, 0.4) is 0 Å². The summed E-state index contributed by atoms with van der Waals surface area (Å²) in [6.07, 6.45) is 1.99. The van der Waals surface area contributed by atoms with Crippen molar-refractivity contribution in [1.29, 1.82) is 0 Å². The minimum absolute atomic E-state index is 0.432. The Hall–Kier alpha value is -1.77. The number of hydrogen-bond acceptors (Lipinski definition) is 3. The third kappa shape index (κ3) is 1.93. The van der Waals surface area contributed by atoms with Gasteiger partial charge >= 0.3 is 0 Å². The first-order valence-corrected chi connectivity index (χ1v) is 4.25. The Labute approximate surface area is 83.2 Å². The van der Waals surface area contributed by atoms with E-state index in [1.165, 1.54) is 6.20 Å². The highest BCUT2D eigenvalue weighted by molar-refractivity contribution is 6.07. The monoisotopic (exact) mass is 191 g/mol. The zero-order chi connectivity index (χ0) is 10.6. The first-order chi connectivity index (χ1) is 6.72. The van der Waals surface area contributed by atoms with Crippen molar-refractivity contribution in [3.8, 4) is 5.75 Å². The normalized spacial score (nSPS) is 11.1. The second kappa shape index (κ2) is 4.46. The molecule has 3 nitrogen and oxygen atoms in total. The average Bonchev–Trinajstić information content (AvgIpc) is 2.21. The first kappa shape index (κ1) is 10.3. The molecule has 1 rings (SSSR count). The predicted molar refractivity (Wildman–Crippen MR) is 56.0 cm³/mol. The van der Waals surface area contributed by atoms with E-state index >= 15 is 0 Å².